The van der Waals surface area contributed by atoms with Crippen LogP contribution in [-0.2, 0) is 14.3 Å². The number of unbranched alkanes of at least 4 members (excludes halogenated alkanes) is 3. The lowest BCUT2D eigenvalue weighted by atomic mass is 9.43. The summed E-state index contributed by atoms with van der Waals surface area (Å²) in [5.41, 5.74) is 1.72. The zero-order valence-electron chi connectivity index (χ0n) is 20.5. The molecule has 31 heavy (non-hydrogen) atoms. The minimum Gasteiger partial charge on any atom is -0.462 e. The Labute approximate surface area is 189 Å². The molecule has 0 aromatic heterocycles. The molecule has 0 amide bonds. The van der Waals surface area contributed by atoms with Gasteiger partial charge in [-0.25, -0.2) is 0 Å². The lowest BCUT2D eigenvalue weighted by molar-refractivity contribution is -0.165. The van der Waals surface area contributed by atoms with Crippen molar-refractivity contribution in [3.05, 3.63) is 11.6 Å². The number of ketones is 1. The van der Waals surface area contributed by atoms with Crippen molar-refractivity contribution < 1.29 is 14.3 Å². The van der Waals surface area contributed by atoms with Crippen molar-refractivity contribution in [3.8, 4) is 0 Å². The fourth-order valence-corrected chi connectivity index (χ4v) is 8.64. The number of rotatable bonds is 6. The second-order valence-electron chi connectivity index (χ2n) is 12.0. The molecule has 0 N–H and O–H groups in total. The summed E-state index contributed by atoms with van der Waals surface area (Å²) in [5.74, 6) is 3.52. The molecule has 3 fully saturated rings. The highest BCUT2D eigenvalue weighted by atomic mass is 16.5. The van der Waals surface area contributed by atoms with Gasteiger partial charge in [-0.15, -0.1) is 0 Å². The Bertz CT molecular complexity index is 739. The number of allylic oxidation sites excluding steroid dienone is 1. The van der Waals surface area contributed by atoms with Crippen LogP contribution in [0, 0.1) is 40.4 Å². The van der Waals surface area contributed by atoms with Gasteiger partial charge in [-0.3, -0.25) is 9.59 Å². The van der Waals surface area contributed by atoms with Gasteiger partial charge in [0.25, 0.3) is 0 Å². The number of carbonyl (C=O) groups excluding carboxylic acids is 2. The number of esters is 1. The number of hydrogen-bond acceptors (Lipinski definition) is 3. The van der Waals surface area contributed by atoms with E-state index < -0.39 is 0 Å². The van der Waals surface area contributed by atoms with Crippen molar-refractivity contribution in [1.29, 1.82) is 0 Å². The van der Waals surface area contributed by atoms with Gasteiger partial charge in [-0.05, 0) is 79.6 Å². The van der Waals surface area contributed by atoms with Crippen LogP contribution in [-0.4, -0.2) is 17.9 Å². The summed E-state index contributed by atoms with van der Waals surface area (Å²) < 4.78 is 6.18. The highest BCUT2D eigenvalue weighted by molar-refractivity contribution is 5.91. The molecular weight excluding hydrogens is 384 g/mol. The predicted octanol–water partition coefficient (Wildman–Crippen LogP) is 6.89. The normalized spacial score (nSPS) is 44.2. The lowest BCUT2D eigenvalue weighted by Crippen LogP contribution is -2.57. The molecular formula is C28H44O3. The van der Waals surface area contributed by atoms with E-state index in [0.29, 0.717) is 48.2 Å². The van der Waals surface area contributed by atoms with Crippen molar-refractivity contribution in [1.82, 2.24) is 0 Å². The van der Waals surface area contributed by atoms with Crippen LogP contribution in [0.2, 0.25) is 0 Å². The Morgan fingerprint density at radius 3 is 2.65 bits per heavy atom. The van der Waals surface area contributed by atoms with Gasteiger partial charge >= 0.3 is 5.97 Å². The number of ether oxygens (including phenoxy) is 1. The highest BCUT2D eigenvalue weighted by Crippen LogP contribution is 2.68. The van der Waals surface area contributed by atoms with Crippen molar-refractivity contribution in [3.63, 3.8) is 0 Å². The van der Waals surface area contributed by atoms with E-state index in [0.717, 1.165) is 38.5 Å². The molecule has 0 aromatic carbocycles. The van der Waals surface area contributed by atoms with Crippen LogP contribution in [0.5, 0.6) is 0 Å². The molecule has 5 unspecified atom stereocenters. The van der Waals surface area contributed by atoms with Gasteiger partial charge in [0.1, 0.15) is 6.10 Å². The zero-order chi connectivity index (χ0) is 22.4. The first kappa shape index (κ1) is 23.1. The summed E-state index contributed by atoms with van der Waals surface area (Å²) in [6.45, 7) is 11.9. The third kappa shape index (κ3) is 3.93. The second kappa shape index (κ2) is 8.67. The molecule has 4 rings (SSSR count). The van der Waals surface area contributed by atoms with Gasteiger partial charge in [0.15, 0.2) is 5.78 Å². The average molecular weight is 429 g/mol. The zero-order valence-corrected chi connectivity index (χ0v) is 20.5. The standard InChI is InChI=1S/C28H44O3/c1-6-7-8-9-10-24(30)31-23-12-11-22-25-18(2)15-20-16-21(29)13-14-27(20,4)26(25)19(3)17-28(22,23)5/h16,18-19,22-23,25-26H,6-15,17H2,1-5H3/t18?,19?,22?,23-,25?,26?,27-,28-/m0/s1. The van der Waals surface area contributed by atoms with Gasteiger partial charge in [0.2, 0.25) is 0 Å². The second-order valence-corrected chi connectivity index (χ2v) is 12.0. The predicted molar refractivity (Wildman–Crippen MR) is 124 cm³/mol. The molecule has 3 nitrogen and oxygen atoms in total. The van der Waals surface area contributed by atoms with Gasteiger partial charge in [-0.1, -0.05) is 59.5 Å². The van der Waals surface area contributed by atoms with E-state index in [1.54, 1.807) is 0 Å². The summed E-state index contributed by atoms with van der Waals surface area (Å²) in [5, 5.41) is 0. The number of carbonyl (C=O) groups is 2. The first-order chi connectivity index (χ1) is 14.7. The third-order valence-corrected chi connectivity index (χ3v) is 9.98. The van der Waals surface area contributed by atoms with Crippen LogP contribution < -0.4 is 0 Å². The molecule has 0 heterocycles. The molecule has 4 aliphatic carbocycles. The topological polar surface area (TPSA) is 43.4 Å². The highest BCUT2D eigenvalue weighted by Gasteiger charge is 2.63. The maximum absolute atomic E-state index is 12.6. The quantitative estimate of drug-likeness (QED) is 0.342. The van der Waals surface area contributed by atoms with E-state index in [9.17, 15) is 9.59 Å². The summed E-state index contributed by atoms with van der Waals surface area (Å²) in [6, 6.07) is 0. The van der Waals surface area contributed by atoms with Gasteiger partial charge in [-0.2, -0.15) is 0 Å². The molecule has 3 heteroatoms. The molecule has 0 aromatic rings. The van der Waals surface area contributed by atoms with Crippen molar-refractivity contribution in [2.75, 3.05) is 0 Å². The molecule has 4 aliphatic rings. The van der Waals surface area contributed by atoms with Crippen LogP contribution in [0.25, 0.3) is 0 Å². The van der Waals surface area contributed by atoms with Crippen LogP contribution >= 0.6 is 0 Å². The lowest BCUT2D eigenvalue weighted by Gasteiger charge is -2.62. The van der Waals surface area contributed by atoms with E-state index in [2.05, 4.69) is 34.6 Å². The van der Waals surface area contributed by atoms with Crippen LogP contribution in [0.3, 0.4) is 0 Å². The van der Waals surface area contributed by atoms with E-state index in [-0.39, 0.29) is 22.9 Å². The Hall–Kier alpha value is -1.12. The smallest absolute Gasteiger partial charge is 0.306 e. The summed E-state index contributed by atoms with van der Waals surface area (Å²) in [4.78, 5) is 24.8. The van der Waals surface area contributed by atoms with Crippen molar-refractivity contribution in [2.45, 2.75) is 111 Å². The van der Waals surface area contributed by atoms with Crippen LogP contribution in [0.1, 0.15) is 105 Å². The minimum absolute atomic E-state index is 0.0254. The number of hydrogen-bond donors (Lipinski definition) is 0. The van der Waals surface area contributed by atoms with E-state index in [1.165, 1.54) is 24.8 Å². The Balaban J connectivity index is 1.52. The van der Waals surface area contributed by atoms with Gasteiger partial charge < -0.3 is 4.74 Å². The molecule has 0 bridgehead atoms. The maximum Gasteiger partial charge on any atom is 0.306 e. The van der Waals surface area contributed by atoms with E-state index in [1.807, 2.05) is 6.08 Å². The summed E-state index contributed by atoms with van der Waals surface area (Å²) in [6.07, 6.45) is 13.3. The van der Waals surface area contributed by atoms with Crippen LogP contribution in [0.4, 0.5) is 0 Å². The van der Waals surface area contributed by atoms with E-state index >= 15 is 0 Å². The Morgan fingerprint density at radius 1 is 1.13 bits per heavy atom. The van der Waals surface area contributed by atoms with Gasteiger partial charge in [0.05, 0.1) is 0 Å². The minimum atomic E-state index is 0.0254. The Morgan fingerprint density at radius 2 is 1.90 bits per heavy atom. The largest absolute Gasteiger partial charge is 0.462 e. The number of fused-ring (bicyclic) bond motifs is 5. The Kier molecular flexibility index (Phi) is 6.45. The molecule has 0 aliphatic heterocycles. The molecule has 8 atom stereocenters. The first-order valence-electron chi connectivity index (χ1n) is 13.1. The molecule has 0 spiro atoms. The van der Waals surface area contributed by atoms with Crippen molar-refractivity contribution >= 4 is 11.8 Å². The molecule has 3 saturated carbocycles. The third-order valence-electron chi connectivity index (χ3n) is 9.98. The molecule has 174 valence electrons. The summed E-state index contributed by atoms with van der Waals surface area (Å²) in [7, 11) is 0. The fraction of sp³-hybridized carbons (Fsp3) is 0.857. The summed E-state index contributed by atoms with van der Waals surface area (Å²) >= 11 is 0. The average Bonchev–Trinajstić information content (AvgIpc) is 3.02. The monoisotopic (exact) mass is 428 g/mol. The SMILES string of the molecule is CCCCCCC(=O)O[C@H]1CCC2C3C(C)CC4=CC(=O)CC[C@]4(C)C3C(C)C[C@@]21C. The fourth-order valence-electron chi connectivity index (χ4n) is 8.64. The maximum atomic E-state index is 12.6. The van der Waals surface area contributed by atoms with Crippen molar-refractivity contribution in [2.24, 2.45) is 40.4 Å². The van der Waals surface area contributed by atoms with Crippen LogP contribution in [0.15, 0.2) is 11.6 Å². The van der Waals surface area contributed by atoms with Gasteiger partial charge in [0, 0.05) is 18.3 Å². The molecule has 0 radical (unpaired) electrons. The molecule has 0 saturated heterocycles. The van der Waals surface area contributed by atoms with E-state index in [4.69, 9.17) is 4.74 Å². The first-order valence-corrected chi connectivity index (χ1v) is 13.1.